The summed E-state index contributed by atoms with van der Waals surface area (Å²) in [6.07, 6.45) is 0.536. The number of hydrogen-bond donors (Lipinski definition) is 0. The lowest BCUT2D eigenvalue weighted by Gasteiger charge is -2.36. The maximum absolute atomic E-state index is 12.2. The van der Waals surface area contributed by atoms with Gasteiger partial charge < -0.3 is 18.9 Å². The summed E-state index contributed by atoms with van der Waals surface area (Å²) in [6, 6.07) is 17.1. The quantitative estimate of drug-likeness (QED) is 0.628. The van der Waals surface area contributed by atoms with Crippen molar-refractivity contribution in [3.05, 3.63) is 71.9 Å². The molecule has 4 rings (SSSR count). The number of carbonyl (C=O) groups excluding carboxylic acids is 1. The van der Waals surface area contributed by atoms with Gasteiger partial charge in [-0.2, -0.15) is 4.98 Å². The summed E-state index contributed by atoms with van der Waals surface area (Å²) < 4.78 is 16.3. The molecule has 7 heteroatoms. The molecule has 1 aliphatic heterocycles. The van der Waals surface area contributed by atoms with Gasteiger partial charge in [0.1, 0.15) is 11.5 Å². The highest BCUT2D eigenvalue weighted by molar-refractivity contribution is 5.78. The maximum atomic E-state index is 12.2. The fourth-order valence-corrected chi connectivity index (χ4v) is 3.12. The van der Waals surface area contributed by atoms with Crippen LogP contribution in [0.15, 0.2) is 59.1 Å². The third-order valence-electron chi connectivity index (χ3n) is 4.71. The van der Waals surface area contributed by atoms with Gasteiger partial charge in [-0.25, -0.2) is 0 Å². The first-order valence-corrected chi connectivity index (χ1v) is 9.13. The Morgan fingerprint density at radius 3 is 2.68 bits per heavy atom. The molecule has 0 bridgehead atoms. The van der Waals surface area contributed by atoms with Gasteiger partial charge in [-0.1, -0.05) is 41.6 Å². The fraction of sp³-hybridized carbons (Fsp3) is 0.286. The lowest BCUT2D eigenvalue weighted by Crippen LogP contribution is -2.50. The number of carbonyl (C=O) groups is 1. The van der Waals surface area contributed by atoms with Crippen LogP contribution in [0.2, 0.25) is 0 Å². The first-order valence-electron chi connectivity index (χ1n) is 9.13. The number of amides is 1. The van der Waals surface area contributed by atoms with E-state index in [1.54, 1.807) is 12.0 Å². The van der Waals surface area contributed by atoms with Crippen LogP contribution in [0.1, 0.15) is 23.2 Å². The zero-order valence-electron chi connectivity index (χ0n) is 15.6. The highest BCUT2D eigenvalue weighted by atomic mass is 16.5. The van der Waals surface area contributed by atoms with Crippen LogP contribution >= 0.6 is 0 Å². The molecule has 1 aliphatic rings. The third-order valence-corrected chi connectivity index (χ3v) is 4.71. The molecule has 144 valence electrons. The summed E-state index contributed by atoms with van der Waals surface area (Å²) >= 11 is 0. The van der Waals surface area contributed by atoms with Crippen LogP contribution in [0, 0.1) is 0 Å². The Bertz CT molecular complexity index is 936. The largest absolute Gasteiger partial charge is 0.496 e. The van der Waals surface area contributed by atoms with E-state index in [0.717, 1.165) is 11.3 Å². The van der Waals surface area contributed by atoms with Gasteiger partial charge in [-0.3, -0.25) is 4.79 Å². The second kappa shape index (κ2) is 8.12. The molecule has 2 aromatic carbocycles. The van der Waals surface area contributed by atoms with Crippen LogP contribution in [0.5, 0.6) is 11.5 Å². The molecule has 0 N–H and O–H groups in total. The average Bonchev–Trinajstić information content (AvgIpc) is 3.14. The molecular formula is C21H21N3O4. The molecule has 0 aliphatic carbocycles. The van der Waals surface area contributed by atoms with E-state index in [4.69, 9.17) is 14.0 Å². The second-order valence-electron chi connectivity index (χ2n) is 6.63. The number of rotatable bonds is 7. The van der Waals surface area contributed by atoms with Crippen molar-refractivity contribution in [1.82, 2.24) is 15.0 Å². The Balaban J connectivity index is 1.28. The van der Waals surface area contributed by atoms with Crippen LogP contribution in [-0.4, -0.2) is 47.8 Å². The van der Waals surface area contributed by atoms with E-state index in [0.29, 0.717) is 37.0 Å². The third kappa shape index (κ3) is 3.98. The van der Waals surface area contributed by atoms with Crippen LogP contribution in [0.4, 0.5) is 0 Å². The molecule has 1 saturated heterocycles. The van der Waals surface area contributed by atoms with E-state index < -0.39 is 0 Å². The minimum absolute atomic E-state index is 0.0274. The SMILES string of the molecule is COc1ccccc1Cc1noc(C2CN(C(=O)COc3ccccc3)C2)n1. The van der Waals surface area contributed by atoms with Crippen LogP contribution in [-0.2, 0) is 11.2 Å². The molecule has 0 spiro atoms. The Labute approximate surface area is 162 Å². The van der Waals surface area contributed by atoms with Crippen molar-refractivity contribution in [2.24, 2.45) is 0 Å². The summed E-state index contributed by atoms with van der Waals surface area (Å²) in [5.74, 6) is 2.68. The minimum atomic E-state index is -0.0473. The second-order valence-corrected chi connectivity index (χ2v) is 6.63. The van der Waals surface area contributed by atoms with Crippen molar-refractivity contribution in [2.45, 2.75) is 12.3 Å². The molecule has 0 unspecified atom stereocenters. The van der Waals surface area contributed by atoms with Crippen LogP contribution in [0.3, 0.4) is 0 Å². The Hall–Kier alpha value is -3.35. The van der Waals surface area contributed by atoms with Crippen molar-refractivity contribution in [3.8, 4) is 11.5 Å². The number of ether oxygens (including phenoxy) is 2. The first-order chi connectivity index (χ1) is 13.7. The van der Waals surface area contributed by atoms with Crippen LogP contribution in [0.25, 0.3) is 0 Å². The van der Waals surface area contributed by atoms with E-state index in [-0.39, 0.29) is 18.4 Å². The molecule has 0 radical (unpaired) electrons. The Morgan fingerprint density at radius 1 is 1.14 bits per heavy atom. The van der Waals surface area contributed by atoms with E-state index in [1.165, 1.54) is 0 Å². The Kier molecular flexibility index (Phi) is 5.23. The number of likely N-dealkylation sites (tertiary alicyclic amines) is 1. The van der Waals surface area contributed by atoms with E-state index >= 15 is 0 Å². The minimum Gasteiger partial charge on any atom is -0.496 e. The van der Waals surface area contributed by atoms with Gasteiger partial charge in [0.2, 0.25) is 5.89 Å². The molecule has 1 amide bonds. The standard InChI is InChI=1S/C21H21N3O4/c1-26-18-10-6-5-7-15(18)11-19-22-21(28-23-19)16-12-24(13-16)20(25)14-27-17-8-3-2-4-9-17/h2-10,16H,11-14H2,1H3. The summed E-state index contributed by atoms with van der Waals surface area (Å²) in [5, 5.41) is 4.07. The monoisotopic (exact) mass is 379 g/mol. The molecule has 0 saturated carbocycles. The molecule has 28 heavy (non-hydrogen) atoms. The number of hydrogen-bond acceptors (Lipinski definition) is 6. The first kappa shape index (κ1) is 18.0. The molecule has 1 fully saturated rings. The molecule has 2 heterocycles. The fourth-order valence-electron chi connectivity index (χ4n) is 3.12. The van der Waals surface area contributed by atoms with Crippen LogP contribution < -0.4 is 9.47 Å². The highest BCUT2D eigenvalue weighted by Crippen LogP contribution is 2.27. The van der Waals surface area contributed by atoms with Gasteiger partial charge in [-0.15, -0.1) is 0 Å². The van der Waals surface area contributed by atoms with Crippen molar-refractivity contribution in [2.75, 3.05) is 26.8 Å². The van der Waals surface area contributed by atoms with Gasteiger partial charge in [0.25, 0.3) is 5.91 Å². The zero-order chi connectivity index (χ0) is 19.3. The number of methoxy groups -OCH3 is 1. The van der Waals surface area contributed by atoms with Crippen molar-refractivity contribution < 1.29 is 18.8 Å². The maximum Gasteiger partial charge on any atom is 0.260 e. The molecule has 7 nitrogen and oxygen atoms in total. The van der Waals surface area contributed by atoms with E-state index in [9.17, 15) is 4.79 Å². The highest BCUT2D eigenvalue weighted by Gasteiger charge is 2.35. The smallest absolute Gasteiger partial charge is 0.260 e. The number of aromatic nitrogens is 2. The summed E-state index contributed by atoms with van der Waals surface area (Å²) in [5.41, 5.74) is 1.00. The summed E-state index contributed by atoms with van der Waals surface area (Å²) in [4.78, 5) is 18.4. The molecular weight excluding hydrogens is 358 g/mol. The number of para-hydroxylation sites is 2. The van der Waals surface area contributed by atoms with Gasteiger partial charge in [0.05, 0.1) is 13.0 Å². The molecule has 0 atom stereocenters. The predicted molar refractivity (Wildman–Crippen MR) is 101 cm³/mol. The van der Waals surface area contributed by atoms with E-state index in [1.807, 2.05) is 54.6 Å². The van der Waals surface area contributed by atoms with Crippen molar-refractivity contribution in [1.29, 1.82) is 0 Å². The number of benzene rings is 2. The number of nitrogens with zero attached hydrogens (tertiary/aromatic N) is 3. The van der Waals surface area contributed by atoms with Gasteiger partial charge in [-0.05, 0) is 18.2 Å². The van der Waals surface area contributed by atoms with Crippen molar-refractivity contribution >= 4 is 5.91 Å². The zero-order valence-corrected chi connectivity index (χ0v) is 15.6. The van der Waals surface area contributed by atoms with Gasteiger partial charge in [0, 0.05) is 25.1 Å². The normalized spacial score (nSPS) is 13.8. The molecule has 3 aromatic rings. The lowest BCUT2D eigenvalue weighted by atomic mass is 10.0. The summed E-state index contributed by atoms with van der Waals surface area (Å²) in [7, 11) is 1.64. The summed E-state index contributed by atoms with van der Waals surface area (Å²) in [6.45, 7) is 1.15. The van der Waals surface area contributed by atoms with E-state index in [2.05, 4.69) is 10.1 Å². The van der Waals surface area contributed by atoms with Crippen molar-refractivity contribution in [3.63, 3.8) is 0 Å². The topological polar surface area (TPSA) is 77.7 Å². The van der Waals surface area contributed by atoms with Gasteiger partial charge in [0.15, 0.2) is 12.4 Å². The Morgan fingerprint density at radius 2 is 1.89 bits per heavy atom. The molecule has 1 aromatic heterocycles. The average molecular weight is 379 g/mol. The predicted octanol–water partition coefficient (Wildman–Crippen LogP) is 2.67. The lowest BCUT2D eigenvalue weighted by molar-refractivity contribution is -0.138. The van der Waals surface area contributed by atoms with Gasteiger partial charge >= 0.3 is 0 Å².